The van der Waals surface area contributed by atoms with Gasteiger partial charge >= 0.3 is 0 Å². The predicted molar refractivity (Wildman–Crippen MR) is 127 cm³/mol. The Labute approximate surface area is 192 Å². The minimum atomic E-state index is -0.814. The van der Waals surface area contributed by atoms with Crippen LogP contribution in [0.3, 0.4) is 0 Å². The van der Waals surface area contributed by atoms with Gasteiger partial charge in [0.2, 0.25) is 5.91 Å². The van der Waals surface area contributed by atoms with Gasteiger partial charge in [0, 0.05) is 17.1 Å². The van der Waals surface area contributed by atoms with Crippen molar-refractivity contribution in [1.29, 1.82) is 0 Å². The topological polar surface area (TPSA) is 75.2 Å². The van der Waals surface area contributed by atoms with Crippen LogP contribution >= 0.6 is 11.5 Å². The SMILES string of the molecule is Cc1ccc([C@H](C(=O)NC2CCCC2)N(C(=O)c2csnn2)c2cc(C)ccc2C)cc1. The van der Waals surface area contributed by atoms with Crippen LogP contribution < -0.4 is 10.2 Å². The third-order valence-corrected chi connectivity index (χ3v) is 6.53. The fraction of sp³-hybridized carbons (Fsp3) is 0.360. The highest BCUT2D eigenvalue weighted by Gasteiger charge is 2.36. The van der Waals surface area contributed by atoms with E-state index in [1.807, 2.05) is 63.2 Å². The van der Waals surface area contributed by atoms with Gasteiger partial charge in [-0.25, -0.2) is 0 Å². The number of nitrogens with one attached hydrogen (secondary N) is 1. The van der Waals surface area contributed by atoms with Crippen molar-refractivity contribution in [3.63, 3.8) is 0 Å². The van der Waals surface area contributed by atoms with Gasteiger partial charge in [-0.3, -0.25) is 14.5 Å². The first kappa shape index (κ1) is 22.1. The zero-order valence-corrected chi connectivity index (χ0v) is 19.5. The number of hydrogen-bond acceptors (Lipinski definition) is 5. The summed E-state index contributed by atoms with van der Waals surface area (Å²) in [6, 6.07) is 13.1. The lowest BCUT2D eigenvalue weighted by atomic mass is 9.99. The van der Waals surface area contributed by atoms with Gasteiger partial charge in [0.25, 0.3) is 5.91 Å². The zero-order valence-electron chi connectivity index (χ0n) is 18.7. The summed E-state index contributed by atoms with van der Waals surface area (Å²) in [5.74, 6) is -0.502. The van der Waals surface area contributed by atoms with E-state index in [0.29, 0.717) is 5.69 Å². The first-order chi connectivity index (χ1) is 15.4. The lowest BCUT2D eigenvalue weighted by molar-refractivity contribution is -0.123. The Morgan fingerprint density at radius 1 is 1.03 bits per heavy atom. The van der Waals surface area contributed by atoms with Gasteiger partial charge in [-0.2, -0.15) is 0 Å². The summed E-state index contributed by atoms with van der Waals surface area (Å²) in [4.78, 5) is 29.1. The molecule has 1 atom stereocenters. The number of amides is 2. The number of aryl methyl sites for hydroxylation is 3. The number of rotatable bonds is 6. The Morgan fingerprint density at radius 3 is 2.38 bits per heavy atom. The maximum atomic E-state index is 13.7. The van der Waals surface area contributed by atoms with Crippen LogP contribution in [0, 0.1) is 20.8 Å². The number of carbonyl (C=O) groups is 2. The first-order valence-electron chi connectivity index (χ1n) is 11.0. The molecule has 1 heterocycles. The summed E-state index contributed by atoms with van der Waals surface area (Å²) in [7, 11) is 0. The number of hydrogen-bond donors (Lipinski definition) is 1. The molecule has 6 nitrogen and oxygen atoms in total. The zero-order chi connectivity index (χ0) is 22.7. The number of nitrogens with zero attached hydrogens (tertiary/aromatic N) is 3. The number of anilines is 1. The molecule has 0 spiro atoms. The van der Waals surface area contributed by atoms with Crippen LogP contribution in [0.5, 0.6) is 0 Å². The van der Waals surface area contributed by atoms with Crippen molar-refractivity contribution in [3.05, 3.63) is 75.8 Å². The second kappa shape index (κ2) is 9.61. The molecular formula is C25H28N4O2S. The van der Waals surface area contributed by atoms with Crippen LogP contribution in [0.4, 0.5) is 5.69 Å². The molecule has 166 valence electrons. The molecule has 1 N–H and O–H groups in total. The first-order valence-corrected chi connectivity index (χ1v) is 11.8. The van der Waals surface area contributed by atoms with Gasteiger partial charge in [0.05, 0.1) is 0 Å². The molecule has 0 radical (unpaired) electrons. The van der Waals surface area contributed by atoms with Gasteiger partial charge in [-0.15, -0.1) is 5.10 Å². The molecule has 1 saturated carbocycles. The number of benzene rings is 2. The lowest BCUT2D eigenvalue weighted by Crippen LogP contribution is -2.46. The van der Waals surface area contributed by atoms with E-state index in [2.05, 4.69) is 14.9 Å². The highest BCUT2D eigenvalue weighted by molar-refractivity contribution is 7.03. The second-order valence-corrected chi connectivity index (χ2v) is 9.17. The third-order valence-electron chi connectivity index (χ3n) is 6.02. The molecule has 2 amide bonds. The van der Waals surface area contributed by atoms with Crippen molar-refractivity contribution in [1.82, 2.24) is 14.9 Å². The van der Waals surface area contributed by atoms with Crippen LogP contribution in [-0.2, 0) is 4.79 Å². The van der Waals surface area contributed by atoms with E-state index >= 15 is 0 Å². The Bertz CT molecular complexity index is 1090. The highest BCUT2D eigenvalue weighted by atomic mass is 32.1. The van der Waals surface area contributed by atoms with E-state index in [1.54, 1.807) is 10.3 Å². The van der Waals surface area contributed by atoms with Crippen molar-refractivity contribution < 1.29 is 9.59 Å². The minimum Gasteiger partial charge on any atom is -0.351 e. The maximum absolute atomic E-state index is 13.7. The molecule has 1 aliphatic carbocycles. The standard InChI is InChI=1S/C25H28N4O2S/c1-16-9-12-19(13-10-16)23(24(30)26-20-6-4-5-7-20)29(25(31)21-15-32-28-27-21)22-14-17(2)8-11-18(22)3/h8-15,20,23H,4-7H2,1-3H3,(H,26,30)/t23-/m1/s1. The molecule has 3 aromatic rings. The van der Waals surface area contributed by atoms with Crippen molar-refractivity contribution in [3.8, 4) is 0 Å². The maximum Gasteiger partial charge on any atom is 0.280 e. The molecule has 1 fully saturated rings. The predicted octanol–water partition coefficient (Wildman–Crippen LogP) is 4.91. The summed E-state index contributed by atoms with van der Waals surface area (Å²) in [5, 5.41) is 8.85. The quantitative estimate of drug-likeness (QED) is 0.581. The highest BCUT2D eigenvalue weighted by Crippen LogP contribution is 2.33. The summed E-state index contributed by atoms with van der Waals surface area (Å²) >= 11 is 1.12. The number of carbonyl (C=O) groups excluding carboxylic acids is 2. The van der Waals surface area contributed by atoms with Gasteiger partial charge in [-0.1, -0.05) is 59.3 Å². The van der Waals surface area contributed by atoms with Gasteiger partial charge < -0.3 is 5.32 Å². The fourth-order valence-electron chi connectivity index (χ4n) is 4.24. The normalized spacial score (nSPS) is 14.8. The minimum absolute atomic E-state index is 0.145. The van der Waals surface area contributed by atoms with Crippen molar-refractivity contribution in [2.75, 3.05) is 4.90 Å². The molecule has 0 aliphatic heterocycles. The van der Waals surface area contributed by atoms with Crippen LogP contribution in [0.2, 0.25) is 0 Å². The molecule has 2 aromatic carbocycles. The van der Waals surface area contributed by atoms with Crippen molar-refractivity contribution in [2.24, 2.45) is 0 Å². The average molecular weight is 449 g/mol. The molecule has 0 saturated heterocycles. The van der Waals surface area contributed by atoms with E-state index in [1.165, 1.54) is 0 Å². The lowest BCUT2D eigenvalue weighted by Gasteiger charge is -2.33. The summed E-state index contributed by atoms with van der Waals surface area (Å²) in [6.45, 7) is 5.94. The Balaban J connectivity index is 1.84. The molecule has 7 heteroatoms. The molecule has 4 rings (SSSR count). The van der Waals surface area contributed by atoms with Gasteiger partial charge in [-0.05, 0) is 67.9 Å². The monoisotopic (exact) mass is 448 g/mol. The van der Waals surface area contributed by atoms with E-state index < -0.39 is 6.04 Å². The summed E-state index contributed by atoms with van der Waals surface area (Å²) in [6.07, 6.45) is 4.17. The van der Waals surface area contributed by atoms with Crippen molar-refractivity contribution in [2.45, 2.75) is 58.5 Å². The fourth-order valence-corrected chi connectivity index (χ4v) is 4.67. The van der Waals surface area contributed by atoms with Gasteiger partial charge in [0.1, 0.15) is 6.04 Å². The largest absolute Gasteiger partial charge is 0.351 e. The molecule has 1 aliphatic rings. The molecular weight excluding hydrogens is 420 g/mol. The van der Waals surface area contributed by atoms with Crippen LogP contribution in [-0.4, -0.2) is 27.4 Å². The molecule has 32 heavy (non-hydrogen) atoms. The summed E-state index contributed by atoms with van der Waals surface area (Å²) < 4.78 is 3.87. The van der Waals surface area contributed by atoms with Crippen LogP contribution in [0.15, 0.2) is 47.8 Å². The van der Waals surface area contributed by atoms with E-state index in [-0.39, 0.29) is 23.6 Å². The van der Waals surface area contributed by atoms with Crippen LogP contribution in [0.1, 0.15) is 64.5 Å². The Kier molecular flexibility index (Phi) is 6.65. The molecule has 0 unspecified atom stereocenters. The smallest absolute Gasteiger partial charge is 0.280 e. The molecule has 1 aromatic heterocycles. The Morgan fingerprint density at radius 2 is 1.72 bits per heavy atom. The Hall–Kier alpha value is -3.06. The van der Waals surface area contributed by atoms with Crippen LogP contribution in [0.25, 0.3) is 0 Å². The third kappa shape index (κ3) is 4.72. The van der Waals surface area contributed by atoms with Gasteiger partial charge in [0.15, 0.2) is 5.69 Å². The van der Waals surface area contributed by atoms with E-state index in [0.717, 1.165) is 59.5 Å². The van der Waals surface area contributed by atoms with E-state index in [4.69, 9.17) is 0 Å². The van der Waals surface area contributed by atoms with E-state index in [9.17, 15) is 9.59 Å². The van der Waals surface area contributed by atoms with Crippen molar-refractivity contribution >= 4 is 29.0 Å². The number of aromatic nitrogens is 2. The average Bonchev–Trinajstić information content (AvgIpc) is 3.49. The second-order valence-electron chi connectivity index (χ2n) is 8.56. The molecule has 0 bridgehead atoms. The summed E-state index contributed by atoms with van der Waals surface area (Å²) in [5.41, 5.74) is 4.73.